The van der Waals surface area contributed by atoms with Gasteiger partial charge in [-0.05, 0) is 0 Å². The van der Waals surface area contributed by atoms with Gasteiger partial charge in [0.2, 0.25) is 0 Å². The van der Waals surface area contributed by atoms with E-state index in [0.717, 1.165) is 0 Å². The van der Waals surface area contributed by atoms with Crippen LogP contribution >= 0.6 is 0 Å². The minimum atomic E-state index is 0. The van der Waals surface area contributed by atoms with E-state index in [-0.39, 0.29) is 32.7 Å². The standard InChI is InChI=1S/C9H18.Y/c1-3-5-7-9-8-6-4-2;/h5-6H,3-4,7-9H2,1-2H3;/q-2;. The molecule has 0 N–H and O–H groups in total. The fraction of sp³-hybridized carbons (Fsp3) is 0.778. The smallest absolute Gasteiger partial charge is 0 e. The van der Waals surface area contributed by atoms with Crippen LogP contribution in [0.3, 0.4) is 0 Å². The molecular formula is C9H18Y-2. The fourth-order valence-corrected chi connectivity index (χ4v) is 0.815. The van der Waals surface area contributed by atoms with Crippen molar-refractivity contribution in [3.8, 4) is 0 Å². The Morgan fingerprint density at radius 3 is 1.60 bits per heavy atom. The second-order valence-corrected chi connectivity index (χ2v) is 2.32. The van der Waals surface area contributed by atoms with Gasteiger partial charge in [0.15, 0.2) is 0 Å². The minimum absolute atomic E-state index is 0. The van der Waals surface area contributed by atoms with Crippen LogP contribution in [0.2, 0.25) is 0 Å². The summed E-state index contributed by atoms with van der Waals surface area (Å²) in [7, 11) is 0. The molecule has 0 nitrogen and oxygen atoms in total. The fourth-order valence-electron chi connectivity index (χ4n) is 0.815. The molecular weight excluding hydrogens is 197 g/mol. The van der Waals surface area contributed by atoms with E-state index in [0.29, 0.717) is 0 Å². The largest absolute Gasteiger partial charge is 0.329 e. The molecule has 0 aromatic heterocycles. The summed E-state index contributed by atoms with van der Waals surface area (Å²) in [5.74, 6) is 0. The van der Waals surface area contributed by atoms with Gasteiger partial charge in [0.05, 0.1) is 0 Å². The molecule has 59 valence electrons. The molecule has 0 rings (SSSR count). The van der Waals surface area contributed by atoms with Crippen LogP contribution in [0.15, 0.2) is 0 Å². The van der Waals surface area contributed by atoms with Crippen molar-refractivity contribution in [2.75, 3.05) is 0 Å². The van der Waals surface area contributed by atoms with Crippen LogP contribution in [0, 0.1) is 12.8 Å². The normalized spacial score (nSPS) is 9.00. The molecule has 0 aliphatic rings. The first-order valence-electron chi connectivity index (χ1n) is 4.05. The topological polar surface area (TPSA) is 0 Å². The van der Waals surface area contributed by atoms with Gasteiger partial charge in [-0.1, -0.05) is 13.8 Å². The van der Waals surface area contributed by atoms with Crippen LogP contribution < -0.4 is 0 Å². The summed E-state index contributed by atoms with van der Waals surface area (Å²) in [6, 6.07) is 0. The first-order valence-corrected chi connectivity index (χ1v) is 4.05. The molecule has 0 spiro atoms. The van der Waals surface area contributed by atoms with Crippen molar-refractivity contribution in [1.82, 2.24) is 0 Å². The van der Waals surface area contributed by atoms with E-state index in [1.165, 1.54) is 32.1 Å². The predicted molar refractivity (Wildman–Crippen MR) is 43.0 cm³/mol. The van der Waals surface area contributed by atoms with E-state index in [9.17, 15) is 0 Å². The maximum atomic E-state index is 2.35. The molecule has 0 aliphatic heterocycles. The van der Waals surface area contributed by atoms with Crippen molar-refractivity contribution in [2.45, 2.75) is 46.0 Å². The average molecular weight is 215 g/mol. The van der Waals surface area contributed by atoms with Gasteiger partial charge in [0.1, 0.15) is 0 Å². The molecule has 0 aromatic carbocycles. The molecule has 0 aromatic rings. The van der Waals surface area contributed by atoms with Crippen LogP contribution in [-0.4, -0.2) is 0 Å². The van der Waals surface area contributed by atoms with E-state index in [2.05, 4.69) is 26.7 Å². The monoisotopic (exact) mass is 215 g/mol. The van der Waals surface area contributed by atoms with Gasteiger partial charge < -0.3 is 12.8 Å². The predicted octanol–water partition coefficient (Wildman–Crippen LogP) is 3.38. The SMILES string of the molecule is CC[CH-]CCC[CH-]CC.[Y]. The van der Waals surface area contributed by atoms with E-state index in [1.54, 1.807) is 0 Å². The molecule has 0 amide bonds. The van der Waals surface area contributed by atoms with Crippen LogP contribution in [0.1, 0.15) is 46.0 Å². The zero-order valence-electron chi connectivity index (χ0n) is 7.27. The van der Waals surface area contributed by atoms with Gasteiger partial charge in [-0.25, -0.2) is 0 Å². The molecule has 1 radical (unpaired) electrons. The molecule has 0 atom stereocenters. The third-order valence-electron chi connectivity index (χ3n) is 1.39. The molecule has 0 aliphatic carbocycles. The van der Waals surface area contributed by atoms with Crippen molar-refractivity contribution in [1.29, 1.82) is 0 Å². The number of rotatable bonds is 6. The molecule has 0 saturated heterocycles. The van der Waals surface area contributed by atoms with Crippen molar-refractivity contribution in [2.24, 2.45) is 0 Å². The Labute approximate surface area is 91.0 Å². The quantitative estimate of drug-likeness (QED) is 0.470. The Morgan fingerprint density at radius 1 is 0.900 bits per heavy atom. The summed E-state index contributed by atoms with van der Waals surface area (Å²) in [5, 5.41) is 0. The van der Waals surface area contributed by atoms with Crippen LogP contribution in [0.5, 0.6) is 0 Å². The molecule has 0 fully saturated rings. The van der Waals surface area contributed by atoms with Gasteiger partial charge in [-0.2, -0.15) is 25.7 Å². The van der Waals surface area contributed by atoms with E-state index < -0.39 is 0 Å². The minimum Gasteiger partial charge on any atom is -0.329 e. The summed E-state index contributed by atoms with van der Waals surface area (Å²) in [6.45, 7) is 4.40. The maximum absolute atomic E-state index is 2.35. The number of hydrogen-bond acceptors (Lipinski definition) is 0. The van der Waals surface area contributed by atoms with Crippen LogP contribution in [-0.2, 0) is 32.7 Å². The van der Waals surface area contributed by atoms with Crippen molar-refractivity contribution >= 4 is 0 Å². The summed E-state index contributed by atoms with van der Waals surface area (Å²) >= 11 is 0. The Bertz CT molecular complexity index is 38.0. The van der Waals surface area contributed by atoms with Gasteiger partial charge in [-0.3, -0.25) is 0 Å². The summed E-state index contributed by atoms with van der Waals surface area (Å²) < 4.78 is 0. The van der Waals surface area contributed by atoms with Crippen molar-refractivity contribution < 1.29 is 32.7 Å². The Morgan fingerprint density at radius 2 is 1.30 bits per heavy atom. The van der Waals surface area contributed by atoms with E-state index in [1.807, 2.05) is 0 Å². The Balaban J connectivity index is 0. The summed E-state index contributed by atoms with van der Waals surface area (Å²) in [5.41, 5.74) is 0. The Hall–Kier alpha value is 1.10. The van der Waals surface area contributed by atoms with Crippen LogP contribution in [0.4, 0.5) is 0 Å². The van der Waals surface area contributed by atoms with Gasteiger partial charge in [0, 0.05) is 32.7 Å². The zero-order chi connectivity index (χ0) is 6.95. The molecule has 1 heteroatoms. The zero-order valence-corrected chi connectivity index (χ0v) is 10.1. The van der Waals surface area contributed by atoms with Crippen LogP contribution in [0.25, 0.3) is 0 Å². The molecule has 0 bridgehead atoms. The number of hydrogen-bond donors (Lipinski definition) is 0. The third kappa shape index (κ3) is 11.8. The first kappa shape index (κ1) is 13.7. The molecule has 0 heterocycles. The molecule has 0 unspecified atom stereocenters. The Kier molecular flexibility index (Phi) is 17.4. The average Bonchev–Trinajstić information content (AvgIpc) is 1.89. The second-order valence-electron chi connectivity index (χ2n) is 2.32. The summed E-state index contributed by atoms with van der Waals surface area (Å²) in [4.78, 5) is 0. The maximum Gasteiger partial charge on any atom is 0 e. The molecule has 10 heavy (non-hydrogen) atoms. The van der Waals surface area contributed by atoms with Gasteiger partial charge in [0.25, 0.3) is 0 Å². The van der Waals surface area contributed by atoms with E-state index in [4.69, 9.17) is 0 Å². The first-order chi connectivity index (χ1) is 4.41. The van der Waals surface area contributed by atoms with Crippen molar-refractivity contribution in [3.63, 3.8) is 0 Å². The van der Waals surface area contributed by atoms with Gasteiger partial charge >= 0.3 is 0 Å². The second kappa shape index (κ2) is 12.8. The van der Waals surface area contributed by atoms with Gasteiger partial charge in [-0.15, -0.1) is 6.42 Å². The van der Waals surface area contributed by atoms with Crippen molar-refractivity contribution in [3.05, 3.63) is 12.8 Å². The third-order valence-corrected chi connectivity index (χ3v) is 1.39. The number of unbranched alkanes of at least 4 members (excludes halogenated alkanes) is 6. The summed E-state index contributed by atoms with van der Waals surface area (Å²) in [6.07, 6.45) is 11.1. The molecule has 0 saturated carbocycles. The van der Waals surface area contributed by atoms with E-state index >= 15 is 0 Å².